The Morgan fingerprint density at radius 1 is 0.861 bits per heavy atom. The Morgan fingerprint density at radius 3 is 2.31 bits per heavy atom. The largest absolute Gasteiger partial charge is 0.459 e. The summed E-state index contributed by atoms with van der Waals surface area (Å²) in [6, 6.07) is 25.3. The predicted octanol–water partition coefficient (Wildman–Crippen LogP) is 13.8. The van der Waals surface area contributed by atoms with E-state index < -0.39 is 28.8 Å². The summed E-state index contributed by atoms with van der Waals surface area (Å²) in [5.41, 5.74) is 3.34. The van der Waals surface area contributed by atoms with Crippen molar-refractivity contribution in [1.82, 2.24) is 4.90 Å². The second-order valence-corrected chi connectivity index (χ2v) is 19.6. The predicted molar refractivity (Wildman–Crippen MR) is 282 cm³/mol. The molecule has 4 aromatic rings. The summed E-state index contributed by atoms with van der Waals surface area (Å²) in [6.07, 6.45) is 19.7. The van der Waals surface area contributed by atoms with Gasteiger partial charge in [-0.1, -0.05) is 143 Å². The first-order chi connectivity index (χ1) is 35.3. The van der Waals surface area contributed by atoms with Gasteiger partial charge in [-0.2, -0.15) is 0 Å². The van der Waals surface area contributed by atoms with Crippen LogP contribution in [0.15, 0.2) is 114 Å². The summed E-state index contributed by atoms with van der Waals surface area (Å²) in [7, 11) is 0. The summed E-state index contributed by atoms with van der Waals surface area (Å²) in [5.74, 6) is -0.992. The lowest BCUT2D eigenvalue weighted by atomic mass is 9.55. The number of non-ortho nitro benzene ring substituents is 1. The van der Waals surface area contributed by atoms with Gasteiger partial charge < -0.3 is 34.0 Å². The SMILES string of the molecule is C=CCOC12Oc3ccc(Oc4cccc([N+](=O)[O-])c4)cc3C3C(CCCCO)C(CCCCO)C=C(C(=NOCC)CC1N(Cc1cccc4ccccc14)C(=O)OCCCCCCCCCCCC)C32. The smallest absolute Gasteiger partial charge is 0.410 e. The van der Waals surface area contributed by atoms with Crippen molar-refractivity contribution in [2.45, 2.75) is 147 Å². The number of amides is 1. The maximum absolute atomic E-state index is 15.3. The third-order valence-corrected chi connectivity index (χ3v) is 14.8. The van der Waals surface area contributed by atoms with E-state index in [1.165, 1.54) is 57.1 Å². The summed E-state index contributed by atoms with van der Waals surface area (Å²) in [4.78, 5) is 34.3. The molecular weight excluding hydrogens is 911 g/mol. The molecular formula is C59H77N3O10. The molecule has 1 fully saturated rings. The lowest BCUT2D eigenvalue weighted by molar-refractivity contribution is -0.384. The van der Waals surface area contributed by atoms with Crippen LogP contribution in [0.1, 0.15) is 140 Å². The number of rotatable bonds is 30. The number of benzene rings is 4. The summed E-state index contributed by atoms with van der Waals surface area (Å²) in [5, 5.41) is 38.8. The van der Waals surface area contributed by atoms with Crippen molar-refractivity contribution in [3.8, 4) is 17.2 Å². The molecule has 0 aromatic heterocycles. The number of oxime groups is 1. The molecule has 3 aliphatic rings. The van der Waals surface area contributed by atoms with Gasteiger partial charge in [-0.25, -0.2) is 4.79 Å². The standard InChI is InChI=1S/C59H77N3O10/c1-4-7-8-9-10-11-12-13-14-21-37-68-58(65)61(42-45-27-22-26-43-24-15-16-30-49(43)45)55-41-53(60-70-6-3)51-38-44(25-17-19-34-63)50(31-18-20-35-64)56-52-40-48(71-47-29-23-28-46(39-47)62(66)67)32-33-54(52)72-59(55,57(51)56)69-36-5-2/h5,15-16,22-24,26-30,32-33,38-40,44,50,55-57,63-64H,2,4,6-14,17-21,25,31,34-37,41-42H2,1,3H3. The first-order valence-electron chi connectivity index (χ1n) is 26.8. The van der Waals surface area contributed by atoms with Crippen LogP contribution in [0.4, 0.5) is 10.5 Å². The first-order valence-corrected chi connectivity index (χ1v) is 26.8. The molecule has 0 radical (unpaired) electrons. The average molecular weight is 988 g/mol. The molecule has 7 rings (SSSR count). The fourth-order valence-corrected chi connectivity index (χ4v) is 11.4. The van der Waals surface area contributed by atoms with Crippen LogP contribution in [0.3, 0.4) is 0 Å². The molecule has 6 atom stereocenters. The molecule has 1 heterocycles. The van der Waals surface area contributed by atoms with Gasteiger partial charge in [0.2, 0.25) is 5.79 Å². The number of nitrogens with zero attached hydrogens (tertiary/aromatic N) is 3. The maximum Gasteiger partial charge on any atom is 0.410 e. The molecule has 6 unspecified atom stereocenters. The zero-order valence-corrected chi connectivity index (χ0v) is 42.6. The van der Waals surface area contributed by atoms with E-state index in [-0.39, 0.29) is 62.8 Å². The minimum absolute atomic E-state index is 0.0201. The summed E-state index contributed by atoms with van der Waals surface area (Å²) >= 11 is 0. The highest BCUT2D eigenvalue weighted by atomic mass is 16.7. The highest BCUT2D eigenvalue weighted by Gasteiger charge is 2.65. The molecule has 1 amide bonds. The highest BCUT2D eigenvalue weighted by molar-refractivity contribution is 6.03. The average Bonchev–Trinajstić information content (AvgIpc) is 3.39. The van der Waals surface area contributed by atoms with Crippen molar-refractivity contribution < 1.29 is 43.7 Å². The summed E-state index contributed by atoms with van der Waals surface area (Å²) < 4.78 is 27.5. The van der Waals surface area contributed by atoms with Gasteiger partial charge in [0, 0.05) is 37.2 Å². The molecule has 72 heavy (non-hydrogen) atoms. The minimum Gasteiger partial charge on any atom is -0.459 e. The van der Waals surface area contributed by atoms with Crippen LogP contribution in [0.25, 0.3) is 10.8 Å². The Morgan fingerprint density at radius 2 is 1.57 bits per heavy atom. The number of aliphatic hydroxyl groups excluding tert-OH is 2. The highest BCUT2D eigenvalue weighted by Crippen LogP contribution is 2.62. The number of carbonyl (C=O) groups is 1. The number of carbonyl (C=O) groups excluding carboxylic acids is 1. The number of nitro benzene ring substituents is 1. The van der Waals surface area contributed by atoms with E-state index in [4.69, 9.17) is 28.9 Å². The zero-order valence-electron chi connectivity index (χ0n) is 42.6. The van der Waals surface area contributed by atoms with Crippen LogP contribution in [0, 0.1) is 27.9 Å². The minimum atomic E-state index is -1.50. The fourth-order valence-electron chi connectivity index (χ4n) is 11.4. The lowest BCUT2D eigenvalue weighted by Gasteiger charge is -2.59. The van der Waals surface area contributed by atoms with Gasteiger partial charge in [0.15, 0.2) is 0 Å². The quantitative estimate of drug-likeness (QED) is 0.0222. The van der Waals surface area contributed by atoms with E-state index >= 15 is 4.79 Å². The van der Waals surface area contributed by atoms with E-state index in [0.717, 1.165) is 72.4 Å². The van der Waals surface area contributed by atoms with Gasteiger partial charge >= 0.3 is 6.09 Å². The van der Waals surface area contributed by atoms with Crippen LogP contribution in [0.2, 0.25) is 0 Å². The Balaban J connectivity index is 1.35. The van der Waals surface area contributed by atoms with Crippen LogP contribution < -0.4 is 9.47 Å². The van der Waals surface area contributed by atoms with E-state index in [9.17, 15) is 20.3 Å². The molecule has 2 N–H and O–H groups in total. The number of nitro groups is 1. The van der Waals surface area contributed by atoms with E-state index in [2.05, 4.69) is 43.8 Å². The molecule has 4 aromatic carbocycles. The van der Waals surface area contributed by atoms with E-state index in [1.54, 1.807) is 29.2 Å². The number of aliphatic hydroxyl groups is 2. The summed E-state index contributed by atoms with van der Waals surface area (Å²) in [6.45, 7) is 9.27. The third-order valence-electron chi connectivity index (χ3n) is 14.8. The zero-order chi connectivity index (χ0) is 50.7. The molecule has 13 heteroatoms. The van der Waals surface area contributed by atoms with Gasteiger partial charge in [0.05, 0.1) is 42.4 Å². The number of fused-ring (bicyclic) bond motifs is 3. The van der Waals surface area contributed by atoms with Gasteiger partial charge in [0.25, 0.3) is 5.69 Å². The topological polar surface area (TPSA) is 162 Å². The molecule has 1 aliphatic heterocycles. The van der Waals surface area contributed by atoms with E-state index in [0.29, 0.717) is 42.4 Å². The second kappa shape index (κ2) is 27.3. The van der Waals surface area contributed by atoms with Crippen molar-refractivity contribution >= 4 is 28.3 Å². The van der Waals surface area contributed by atoms with Gasteiger partial charge in [-0.05, 0) is 97.0 Å². The Kier molecular flexibility index (Phi) is 20.5. The molecule has 13 nitrogen and oxygen atoms in total. The molecule has 388 valence electrons. The number of allylic oxidation sites excluding steroid dienone is 1. The van der Waals surface area contributed by atoms with Crippen molar-refractivity contribution in [2.75, 3.05) is 33.0 Å². The van der Waals surface area contributed by atoms with Crippen LogP contribution in [0.5, 0.6) is 17.2 Å². The van der Waals surface area contributed by atoms with E-state index in [1.807, 2.05) is 37.3 Å². The number of ether oxygens (including phenoxy) is 4. The van der Waals surface area contributed by atoms with Crippen molar-refractivity contribution in [3.05, 3.63) is 130 Å². The second-order valence-electron chi connectivity index (χ2n) is 19.6. The van der Waals surface area contributed by atoms with Crippen LogP contribution >= 0.6 is 0 Å². The van der Waals surface area contributed by atoms with Gasteiger partial charge in [-0.3, -0.25) is 15.0 Å². The Labute approximate surface area is 426 Å². The molecule has 0 saturated heterocycles. The molecule has 0 spiro atoms. The van der Waals surface area contributed by atoms with Crippen LogP contribution in [-0.2, 0) is 20.9 Å². The number of hydrogen-bond acceptors (Lipinski definition) is 11. The third kappa shape index (κ3) is 13.3. The van der Waals surface area contributed by atoms with Gasteiger partial charge in [0.1, 0.15) is 29.9 Å². The Hall–Kier alpha value is -5.76. The number of unbranched alkanes of at least 4 members (excludes halogenated alkanes) is 11. The molecule has 2 aliphatic carbocycles. The Bertz CT molecular complexity index is 2450. The lowest BCUT2D eigenvalue weighted by Crippen LogP contribution is -2.70. The number of hydrogen-bond donors (Lipinski definition) is 2. The molecule has 1 saturated carbocycles. The maximum atomic E-state index is 15.3. The molecule has 0 bridgehead atoms. The van der Waals surface area contributed by atoms with Gasteiger partial charge in [-0.15, -0.1) is 6.58 Å². The fraction of sp³-hybridized carbons (Fsp3) is 0.525. The monoisotopic (exact) mass is 988 g/mol. The normalized spacial score (nSPS) is 21.5. The van der Waals surface area contributed by atoms with Crippen molar-refractivity contribution in [3.63, 3.8) is 0 Å². The first kappa shape index (κ1) is 54.0. The van der Waals surface area contributed by atoms with Crippen molar-refractivity contribution in [2.24, 2.45) is 22.9 Å². The van der Waals surface area contributed by atoms with Crippen LogP contribution in [-0.4, -0.2) is 76.7 Å². The van der Waals surface area contributed by atoms with Crippen molar-refractivity contribution in [1.29, 1.82) is 0 Å².